The molecule has 0 radical (unpaired) electrons. The molecule has 0 bridgehead atoms. The summed E-state index contributed by atoms with van der Waals surface area (Å²) in [5, 5.41) is 2.68. The van der Waals surface area contributed by atoms with Crippen LogP contribution in [0, 0.1) is 11.8 Å². The number of para-hydroxylation sites is 1. The molecule has 10 nitrogen and oxygen atoms in total. The van der Waals surface area contributed by atoms with Gasteiger partial charge in [-0.05, 0) is 37.3 Å². The summed E-state index contributed by atoms with van der Waals surface area (Å²) < 4.78 is 10.7. The van der Waals surface area contributed by atoms with Gasteiger partial charge in [0.05, 0.1) is 13.1 Å². The van der Waals surface area contributed by atoms with Crippen molar-refractivity contribution in [3.05, 3.63) is 61.6 Å². The molecule has 2 aliphatic rings. The highest BCUT2D eigenvalue weighted by molar-refractivity contribution is 7.14. The van der Waals surface area contributed by atoms with E-state index in [4.69, 9.17) is 15.5 Å². The van der Waals surface area contributed by atoms with Crippen molar-refractivity contribution in [1.82, 2.24) is 18.7 Å². The molecule has 1 unspecified atom stereocenters. The number of nitrogens with two attached hydrogens (primary N) is 1. The Hall–Kier alpha value is -4.14. The number of anilines is 1. The number of nitrogens with zero attached hydrogens (tertiary/aromatic N) is 6. The van der Waals surface area contributed by atoms with Crippen molar-refractivity contribution in [2.45, 2.75) is 38.9 Å². The predicted molar refractivity (Wildman–Crippen MR) is 149 cm³/mol. The zero-order valence-electron chi connectivity index (χ0n) is 21.2. The van der Waals surface area contributed by atoms with Gasteiger partial charge in [-0.1, -0.05) is 18.1 Å². The van der Waals surface area contributed by atoms with Crippen LogP contribution in [-0.2, 0) is 20.1 Å². The zero-order valence-corrected chi connectivity index (χ0v) is 22.0. The standard InChI is InChI=1S/C27H27N7O3S/c1-3-4-12-33-21-23(30-26(33)32-11-6-9-19(28)16-32)31(2)27(36)34(25(21)35)15-18-8-5-7-17-14-29-24-20(10-13-38-24)37-22(17)18/h5,7-8,10,13-14,19H,6,9,11-12,15-16,28H2,1-2H3. The van der Waals surface area contributed by atoms with Crippen LogP contribution in [0.3, 0.4) is 0 Å². The van der Waals surface area contributed by atoms with Crippen LogP contribution in [0.25, 0.3) is 11.2 Å². The Kier molecular flexibility index (Phi) is 6.13. The number of aryl methyl sites for hydroxylation is 1. The summed E-state index contributed by atoms with van der Waals surface area (Å²) in [5.41, 5.74) is 7.53. The lowest BCUT2D eigenvalue weighted by molar-refractivity contribution is 0.476. The molecule has 1 saturated heterocycles. The maximum Gasteiger partial charge on any atom is 0.332 e. The second-order valence-corrected chi connectivity index (χ2v) is 10.4. The zero-order chi connectivity index (χ0) is 26.4. The van der Waals surface area contributed by atoms with Crippen LogP contribution in [0.1, 0.15) is 30.9 Å². The van der Waals surface area contributed by atoms with Crippen molar-refractivity contribution in [2.75, 3.05) is 18.0 Å². The molecule has 1 aromatic carbocycles. The number of thiophene rings is 1. The third kappa shape index (κ3) is 4.02. The third-order valence-electron chi connectivity index (χ3n) is 6.97. The lowest BCUT2D eigenvalue weighted by Gasteiger charge is -2.31. The molecule has 3 aromatic heterocycles. The van der Waals surface area contributed by atoms with Gasteiger partial charge in [0.2, 0.25) is 5.95 Å². The fourth-order valence-electron chi connectivity index (χ4n) is 5.07. The van der Waals surface area contributed by atoms with E-state index in [1.807, 2.05) is 34.2 Å². The van der Waals surface area contributed by atoms with Gasteiger partial charge in [-0.25, -0.2) is 9.79 Å². The van der Waals surface area contributed by atoms with Crippen LogP contribution in [-0.4, -0.2) is 44.0 Å². The minimum atomic E-state index is -0.452. The maximum absolute atomic E-state index is 14.0. The summed E-state index contributed by atoms with van der Waals surface area (Å²) in [6.45, 7) is 3.48. The maximum atomic E-state index is 14.0. The Bertz CT molecular complexity index is 1770. The SMILES string of the molecule is CC#CCn1c(N2CCCC(N)C2)nc2c1c(=O)n(Cc1cccc3c1Oc1ccsc1N=C3)c(=O)n2C. The number of hydrogen-bond acceptors (Lipinski definition) is 8. The molecule has 1 fully saturated rings. The highest BCUT2D eigenvalue weighted by atomic mass is 32.1. The Morgan fingerprint density at radius 2 is 2.11 bits per heavy atom. The van der Waals surface area contributed by atoms with Gasteiger partial charge in [0.25, 0.3) is 5.56 Å². The Balaban J connectivity index is 1.50. The topological polar surface area (TPSA) is 113 Å². The first-order valence-corrected chi connectivity index (χ1v) is 13.4. The molecular weight excluding hydrogens is 502 g/mol. The highest BCUT2D eigenvalue weighted by Crippen LogP contribution is 2.41. The number of aromatic nitrogens is 4. The molecule has 6 rings (SSSR count). The number of hydrogen-bond donors (Lipinski definition) is 1. The van der Waals surface area contributed by atoms with Crippen LogP contribution in [0.2, 0.25) is 0 Å². The third-order valence-corrected chi connectivity index (χ3v) is 7.77. The molecule has 1 atom stereocenters. The number of benzene rings is 1. The number of aliphatic imine (C=N–C) groups is 1. The number of piperidine rings is 1. The first-order valence-electron chi connectivity index (χ1n) is 12.5. The fraction of sp³-hybridized carbons (Fsp3) is 0.333. The molecular formula is C27H27N7O3S. The van der Waals surface area contributed by atoms with Gasteiger partial charge in [-0.15, -0.1) is 17.3 Å². The normalized spacial score (nSPS) is 16.4. The summed E-state index contributed by atoms with van der Waals surface area (Å²) in [7, 11) is 1.64. The van der Waals surface area contributed by atoms with Crippen molar-refractivity contribution in [1.29, 1.82) is 0 Å². The van der Waals surface area contributed by atoms with Crippen LogP contribution in [0.15, 0.2) is 44.2 Å². The lowest BCUT2D eigenvalue weighted by Crippen LogP contribution is -2.44. The molecule has 0 aliphatic carbocycles. The molecule has 5 heterocycles. The minimum Gasteiger partial charge on any atom is -0.453 e. The highest BCUT2D eigenvalue weighted by Gasteiger charge is 2.27. The molecule has 4 aromatic rings. The van der Waals surface area contributed by atoms with Crippen molar-refractivity contribution >= 4 is 39.7 Å². The Morgan fingerprint density at radius 3 is 2.92 bits per heavy atom. The Labute approximate surface area is 222 Å². The average Bonchev–Trinajstić information content (AvgIpc) is 3.48. The first-order chi connectivity index (χ1) is 18.5. The van der Waals surface area contributed by atoms with E-state index < -0.39 is 11.2 Å². The summed E-state index contributed by atoms with van der Waals surface area (Å²) >= 11 is 1.49. The molecule has 0 spiro atoms. The van der Waals surface area contributed by atoms with Crippen LogP contribution in [0.4, 0.5) is 10.9 Å². The molecule has 11 heteroatoms. The first kappa shape index (κ1) is 24.2. The van der Waals surface area contributed by atoms with Gasteiger partial charge in [0, 0.05) is 43.5 Å². The van der Waals surface area contributed by atoms with Crippen LogP contribution in [0.5, 0.6) is 11.5 Å². The van der Waals surface area contributed by atoms with E-state index in [0.717, 1.165) is 30.0 Å². The quantitative estimate of drug-likeness (QED) is 0.358. The van der Waals surface area contributed by atoms with Crippen molar-refractivity contribution in [3.8, 4) is 23.3 Å². The van der Waals surface area contributed by atoms with E-state index >= 15 is 0 Å². The van der Waals surface area contributed by atoms with E-state index in [1.165, 1.54) is 20.5 Å². The Morgan fingerprint density at radius 1 is 1.24 bits per heavy atom. The average molecular weight is 530 g/mol. The summed E-state index contributed by atoms with van der Waals surface area (Å²) in [6, 6.07) is 7.52. The van der Waals surface area contributed by atoms with Crippen LogP contribution < -0.4 is 26.6 Å². The predicted octanol–water partition coefficient (Wildman–Crippen LogP) is 2.81. The van der Waals surface area contributed by atoms with Gasteiger partial charge in [0.1, 0.15) is 5.75 Å². The summed E-state index contributed by atoms with van der Waals surface area (Å²) in [5.74, 6) is 7.81. The van der Waals surface area contributed by atoms with Gasteiger partial charge >= 0.3 is 5.69 Å². The largest absolute Gasteiger partial charge is 0.453 e. The molecule has 2 N–H and O–H groups in total. The molecule has 38 heavy (non-hydrogen) atoms. The van der Waals surface area contributed by atoms with Gasteiger partial charge in [-0.2, -0.15) is 4.98 Å². The molecule has 194 valence electrons. The monoisotopic (exact) mass is 529 g/mol. The van der Waals surface area contributed by atoms with E-state index in [2.05, 4.69) is 21.7 Å². The fourth-order valence-corrected chi connectivity index (χ4v) is 5.73. The van der Waals surface area contributed by atoms with Crippen molar-refractivity contribution in [3.63, 3.8) is 0 Å². The number of imidazole rings is 1. The summed E-state index contributed by atoms with van der Waals surface area (Å²) in [6.07, 6.45) is 3.62. The van der Waals surface area contributed by atoms with Crippen molar-refractivity contribution in [2.24, 2.45) is 17.8 Å². The van der Waals surface area contributed by atoms with E-state index in [0.29, 0.717) is 40.7 Å². The molecule has 2 aliphatic heterocycles. The van der Waals surface area contributed by atoms with E-state index in [-0.39, 0.29) is 19.1 Å². The molecule has 0 saturated carbocycles. The number of fused-ring (bicyclic) bond motifs is 3. The number of ether oxygens (including phenoxy) is 1. The van der Waals surface area contributed by atoms with Gasteiger partial charge in [-0.3, -0.25) is 18.5 Å². The number of rotatable bonds is 4. The second-order valence-electron chi connectivity index (χ2n) is 9.46. The van der Waals surface area contributed by atoms with E-state index in [9.17, 15) is 9.59 Å². The lowest BCUT2D eigenvalue weighted by atomic mass is 10.1. The van der Waals surface area contributed by atoms with Gasteiger partial charge in [0.15, 0.2) is 21.9 Å². The van der Waals surface area contributed by atoms with Crippen LogP contribution >= 0.6 is 11.3 Å². The minimum absolute atomic E-state index is 0.0235. The smallest absolute Gasteiger partial charge is 0.332 e. The van der Waals surface area contributed by atoms with Crippen molar-refractivity contribution < 1.29 is 4.74 Å². The molecule has 0 amide bonds. The second kappa shape index (κ2) is 9.63. The van der Waals surface area contributed by atoms with Gasteiger partial charge < -0.3 is 15.4 Å². The summed E-state index contributed by atoms with van der Waals surface area (Å²) in [4.78, 5) is 38.9. The van der Waals surface area contributed by atoms with E-state index in [1.54, 1.807) is 20.2 Å².